The first-order valence-electron chi connectivity index (χ1n) is 6.14. The third kappa shape index (κ3) is 16.6. The molecule has 0 aliphatic heterocycles. The van der Waals surface area contributed by atoms with Crippen molar-refractivity contribution in [2.45, 2.75) is 19.8 Å². The SMILES string of the molecule is CCCCS(=O)(=O)O.Cl.Cn1ccnc1.Cn1ccnc1. The van der Waals surface area contributed by atoms with E-state index in [0.29, 0.717) is 6.42 Å². The van der Waals surface area contributed by atoms with Crippen LogP contribution < -0.4 is 0 Å². The molecule has 0 bridgehead atoms. The van der Waals surface area contributed by atoms with Crippen LogP contribution in [0.15, 0.2) is 37.4 Å². The van der Waals surface area contributed by atoms with Crippen molar-refractivity contribution in [2.75, 3.05) is 5.75 Å². The number of unbranched alkanes of at least 4 members (excludes halogenated alkanes) is 1. The molecule has 0 amide bonds. The second-order valence-corrected chi connectivity index (χ2v) is 5.67. The summed E-state index contributed by atoms with van der Waals surface area (Å²) < 4.78 is 31.8. The van der Waals surface area contributed by atoms with Crippen molar-refractivity contribution in [3.05, 3.63) is 37.4 Å². The van der Waals surface area contributed by atoms with Crippen LogP contribution in [0.3, 0.4) is 0 Å². The standard InChI is InChI=1S/2C4H6N2.C4H10O3S.ClH/c2*1-6-3-2-5-4-6;1-2-3-4-8(5,6)7;/h2*2-4H,1H3;2-4H2,1H3,(H,5,6,7);1H. The molecule has 21 heavy (non-hydrogen) atoms. The highest BCUT2D eigenvalue weighted by molar-refractivity contribution is 7.85. The van der Waals surface area contributed by atoms with Gasteiger partial charge in [0.1, 0.15) is 0 Å². The highest BCUT2D eigenvalue weighted by atomic mass is 35.5. The molecule has 0 spiro atoms. The molecule has 0 aromatic carbocycles. The third-order valence-corrected chi connectivity index (χ3v) is 2.83. The average molecular weight is 339 g/mol. The minimum absolute atomic E-state index is 0. The lowest BCUT2D eigenvalue weighted by molar-refractivity contribution is 0.480. The largest absolute Gasteiger partial charge is 0.341 e. The number of aryl methyl sites for hydroxylation is 2. The Kier molecular flexibility index (Phi) is 12.9. The van der Waals surface area contributed by atoms with E-state index in [1.165, 1.54) is 0 Å². The summed E-state index contributed by atoms with van der Waals surface area (Å²) >= 11 is 0. The number of rotatable bonds is 3. The third-order valence-electron chi connectivity index (χ3n) is 2.03. The van der Waals surface area contributed by atoms with Crippen LogP contribution in [0.2, 0.25) is 0 Å². The van der Waals surface area contributed by atoms with Crippen LogP contribution in [0.5, 0.6) is 0 Å². The molecule has 122 valence electrons. The first kappa shape index (κ1) is 21.9. The van der Waals surface area contributed by atoms with Gasteiger partial charge in [-0.2, -0.15) is 8.42 Å². The van der Waals surface area contributed by atoms with E-state index >= 15 is 0 Å². The molecule has 2 aromatic heterocycles. The lowest BCUT2D eigenvalue weighted by atomic mass is 10.4. The summed E-state index contributed by atoms with van der Waals surface area (Å²) in [5.74, 6) is -0.108. The summed E-state index contributed by atoms with van der Waals surface area (Å²) in [6.45, 7) is 1.87. The summed E-state index contributed by atoms with van der Waals surface area (Å²) in [7, 11) is 0.189. The van der Waals surface area contributed by atoms with E-state index in [-0.39, 0.29) is 18.2 Å². The fourth-order valence-electron chi connectivity index (χ4n) is 0.978. The lowest BCUT2D eigenvalue weighted by Gasteiger charge is -1.90. The topological polar surface area (TPSA) is 90.0 Å². The molecule has 0 radical (unpaired) electrons. The summed E-state index contributed by atoms with van der Waals surface area (Å²) in [5, 5.41) is 0. The zero-order valence-corrected chi connectivity index (χ0v) is 14.1. The summed E-state index contributed by atoms with van der Waals surface area (Å²) in [4.78, 5) is 7.57. The van der Waals surface area contributed by atoms with E-state index in [1.54, 1.807) is 25.0 Å². The molecule has 0 atom stereocenters. The highest BCUT2D eigenvalue weighted by Gasteiger charge is 2.00. The van der Waals surface area contributed by atoms with E-state index in [1.807, 2.05) is 42.5 Å². The average Bonchev–Trinajstić information content (AvgIpc) is 3.01. The first-order valence-corrected chi connectivity index (χ1v) is 7.75. The van der Waals surface area contributed by atoms with Crippen LogP contribution in [0.1, 0.15) is 19.8 Å². The van der Waals surface area contributed by atoms with Crippen molar-refractivity contribution in [3.8, 4) is 0 Å². The van der Waals surface area contributed by atoms with E-state index in [2.05, 4.69) is 9.97 Å². The maximum atomic E-state index is 9.95. The van der Waals surface area contributed by atoms with E-state index in [4.69, 9.17) is 4.55 Å². The quantitative estimate of drug-likeness (QED) is 0.864. The van der Waals surface area contributed by atoms with Crippen molar-refractivity contribution in [1.82, 2.24) is 19.1 Å². The Bertz CT molecular complexity index is 495. The number of halogens is 1. The maximum Gasteiger partial charge on any atom is 0.264 e. The zero-order chi connectivity index (χ0) is 15.4. The molecular formula is C12H23ClN4O3S. The smallest absolute Gasteiger partial charge is 0.264 e. The Balaban J connectivity index is 0. The van der Waals surface area contributed by atoms with Crippen molar-refractivity contribution < 1.29 is 13.0 Å². The predicted molar refractivity (Wildman–Crippen MR) is 85.0 cm³/mol. The number of imidazole rings is 2. The summed E-state index contributed by atoms with van der Waals surface area (Å²) in [6, 6.07) is 0. The van der Waals surface area contributed by atoms with Gasteiger partial charge in [-0.3, -0.25) is 4.55 Å². The van der Waals surface area contributed by atoms with E-state index in [0.717, 1.165) is 6.42 Å². The molecule has 0 fully saturated rings. The van der Waals surface area contributed by atoms with Crippen LogP contribution in [0.25, 0.3) is 0 Å². The molecule has 0 saturated carbocycles. The molecule has 7 nitrogen and oxygen atoms in total. The van der Waals surface area contributed by atoms with Gasteiger partial charge in [0.15, 0.2) is 0 Å². The maximum absolute atomic E-state index is 9.95. The van der Waals surface area contributed by atoms with Gasteiger partial charge in [0, 0.05) is 38.9 Å². The van der Waals surface area contributed by atoms with Crippen LogP contribution in [-0.2, 0) is 24.2 Å². The van der Waals surface area contributed by atoms with E-state index in [9.17, 15) is 8.42 Å². The van der Waals surface area contributed by atoms with Gasteiger partial charge in [0.2, 0.25) is 0 Å². The Morgan fingerprint density at radius 2 is 1.48 bits per heavy atom. The molecule has 9 heteroatoms. The van der Waals surface area contributed by atoms with Crippen LogP contribution in [0, 0.1) is 0 Å². The zero-order valence-electron chi connectivity index (χ0n) is 12.5. The van der Waals surface area contributed by atoms with Gasteiger partial charge in [-0.1, -0.05) is 13.3 Å². The Labute approximate surface area is 132 Å². The highest BCUT2D eigenvalue weighted by Crippen LogP contribution is 1.90. The number of hydrogen-bond acceptors (Lipinski definition) is 4. The lowest BCUT2D eigenvalue weighted by Crippen LogP contribution is -2.02. The number of hydrogen-bond donors (Lipinski definition) is 1. The second kappa shape index (κ2) is 12.4. The van der Waals surface area contributed by atoms with Crippen molar-refractivity contribution >= 4 is 22.5 Å². The fourth-order valence-corrected chi connectivity index (χ4v) is 1.63. The first-order chi connectivity index (χ1) is 9.35. The van der Waals surface area contributed by atoms with Gasteiger partial charge in [0.25, 0.3) is 10.1 Å². The van der Waals surface area contributed by atoms with Gasteiger partial charge < -0.3 is 9.13 Å². The molecule has 0 saturated heterocycles. The Morgan fingerprint density at radius 1 is 1.05 bits per heavy atom. The number of nitrogens with zero attached hydrogens (tertiary/aromatic N) is 4. The normalized spacial score (nSPS) is 9.52. The van der Waals surface area contributed by atoms with Crippen molar-refractivity contribution in [2.24, 2.45) is 14.1 Å². The molecule has 1 N–H and O–H groups in total. The monoisotopic (exact) mass is 338 g/mol. The van der Waals surface area contributed by atoms with Crippen LogP contribution in [-0.4, -0.2) is 37.8 Å². The second-order valence-electron chi connectivity index (χ2n) is 4.10. The summed E-state index contributed by atoms with van der Waals surface area (Å²) in [6.07, 6.45) is 12.1. The molecule has 2 heterocycles. The molecule has 2 rings (SSSR count). The minimum Gasteiger partial charge on any atom is -0.341 e. The van der Waals surface area contributed by atoms with Crippen molar-refractivity contribution in [1.29, 1.82) is 0 Å². The van der Waals surface area contributed by atoms with Gasteiger partial charge >= 0.3 is 0 Å². The van der Waals surface area contributed by atoms with Gasteiger partial charge in [0.05, 0.1) is 18.4 Å². The summed E-state index contributed by atoms with van der Waals surface area (Å²) in [5.41, 5.74) is 0. The number of aromatic nitrogens is 4. The van der Waals surface area contributed by atoms with Crippen LogP contribution >= 0.6 is 12.4 Å². The molecule has 0 aliphatic carbocycles. The minimum atomic E-state index is -3.69. The van der Waals surface area contributed by atoms with Gasteiger partial charge in [-0.05, 0) is 6.42 Å². The molecule has 0 unspecified atom stereocenters. The van der Waals surface area contributed by atoms with Gasteiger partial charge in [-0.25, -0.2) is 9.97 Å². The predicted octanol–water partition coefficient (Wildman–Crippen LogP) is 1.94. The fraction of sp³-hybridized carbons (Fsp3) is 0.500. The van der Waals surface area contributed by atoms with Crippen molar-refractivity contribution in [3.63, 3.8) is 0 Å². The molecule has 0 aliphatic rings. The Morgan fingerprint density at radius 3 is 1.57 bits per heavy atom. The molecular weight excluding hydrogens is 316 g/mol. The van der Waals surface area contributed by atoms with E-state index < -0.39 is 10.1 Å². The van der Waals surface area contributed by atoms with Gasteiger partial charge in [-0.15, -0.1) is 12.4 Å². The van der Waals surface area contributed by atoms with Crippen LogP contribution in [0.4, 0.5) is 0 Å². The Hall–Kier alpha value is -1.38. The molecule has 2 aromatic rings.